The molecule has 1 aromatic rings. The number of para-hydroxylation sites is 1. The van der Waals surface area contributed by atoms with E-state index < -0.39 is 12.0 Å². The molecule has 112 valence electrons. The van der Waals surface area contributed by atoms with Crippen molar-refractivity contribution in [2.24, 2.45) is 0 Å². The molecule has 0 saturated carbocycles. The van der Waals surface area contributed by atoms with Crippen LogP contribution in [0.3, 0.4) is 0 Å². The maximum Gasteiger partial charge on any atom is 0.327 e. The van der Waals surface area contributed by atoms with Gasteiger partial charge in [0.1, 0.15) is 11.8 Å². The van der Waals surface area contributed by atoms with Crippen LogP contribution in [0.4, 0.5) is 0 Å². The number of carboxylic acid groups (broad SMARTS) is 1. The highest BCUT2D eigenvalue weighted by atomic mass is 32.2. The maximum atomic E-state index is 12.8. The molecule has 2 unspecified atom stereocenters. The lowest BCUT2D eigenvalue weighted by Crippen LogP contribution is -2.52. The Morgan fingerprint density at radius 2 is 2.14 bits per heavy atom. The molecule has 1 N–H and O–H groups in total. The first-order valence-electron chi connectivity index (χ1n) is 7.01. The minimum Gasteiger partial charge on any atom is -0.493 e. The van der Waals surface area contributed by atoms with Crippen LogP contribution in [0.15, 0.2) is 24.3 Å². The molecule has 1 saturated heterocycles. The van der Waals surface area contributed by atoms with Crippen LogP contribution in [0.2, 0.25) is 0 Å². The van der Waals surface area contributed by atoms with Gasteiger partial charge < -0.3 is 14.7 Å². The van der Waals surface area contributed by atoms with Gasteiger partial charge in [-0.05, 0) is 12.5 Å². The fraction of sp³-hybridized carbons (Fsp3) is 0.467. The number of aliphatic carboxylic acids is 1. The summed E-state index contributed by atoms with van der Waals surface area (Å²) in [4.78, 5) is 25.7. The monoisotopic (exact) mass is 307 g/mol. The second-order valence-corrected chi connectivity index (χ2v) is 6.34. The minimum atomic E-state index is -0.920. The van der Waals surface area contributed by atoms with Crippen molar-refractivity contribution in [2.45, 2.75) is 18.4 Å². The number of hydrogen-bond acceptors (Lipinski definition) is 4. The van der Waals surface area contributed by atoms with E-state index in [9.17, 15) is 14.7 Å². The average Bonchev–Trinajstić information content (AvgIpc) is 2.53. The van der Waals surface area contributed by atoms with Crippen LogP contribution in [0.25, 0.3) is 0 Å². The van der Waals surface area contributed by atoms with Crippen LogP contribution >= 0.6 is 11.8 Å². The summed E-state index contributed by atoms with van der Waals surface area (Å²) in [6.07, 6.45) is 0.603. The number of carbonyl (C=O) groups is 2. The predicted octanol–water partition coefficient (Wildman–Crippen LogP) is 1.58. The molecule has 1 aromatic carbocycles. The van der Waals surface area contributed by atoms with Crippen molar-refractivity contribution >= 4 is 23.6 Å². The van der Waals surface area contributed by atoms with Gasteiger partial charge in [0.25, 0.3) is 0 Å². The Bertz CT molecular complexity index is 562. The van der Waals surface area contributed by atoms with Gasteiger partial charge >= 0.3 is 5.97 Å². The highest BCUT2D eigenvalue weighted by molar-refractivity contribution is 7.99. The summed E-state index contributed by atoms with van der Waals surface area (Å²) in [6.45, 7) is 0.994. The lowest BCUT2D eigenvalue weighted by molar-refractivity contribution is -0.150. The molecule has 2 heterocycles. The summed E-state index contributed by atoms with van der Waals surface area (Å²) in [5.41, 5.74) is 0.871. The van der Waals surface area contributed by atoms with E-state index in [1.807, 2.05) is 24.3 Å². The lowest BCUT2D eigenvalue weighted by atomic mass is 9.91. The van der Waals surface area contributed by atoms with E-state index in [1.54, 1.807) is 11.8 Å². The number of fused-ring (bicyclic) bond motifs is 1. The molecule has 0 spiro atoms. The van der Waals surface area contributed by atoms with Gasteiger partial charge in [-0.15, -0.1) is 0 Å². The zero-order valence-corrected chi connectivity index (χ0v) is 12.3. The Morgan fingerprint density at radius 3 is 2.95 bits per heavy atom. The molecule has 5 nitrogen and oxygen atoms in total. The average molecular weight is 307 g/mol. The predicted molar refractivity (Wildman–Crippen MR) is 79.8 cm³/mol. The van der Waals surface area contributed by atoms with Gasteiger partial charge in [-0.1, -0.05) is 18.2 Å². The molecule has 0 aromatic heterocycles. The molecular formula is C15H17NO4S. The van der Waals surface area contributed by atoms with Crippen molar-refractivity contribution in [3.05, 3.63) is 29.8 Å². The summed E-state index contributed by atoms with van der Waals surface area (Å²) in [5, 5.41) is 9.32. The molecule has 21 heavy (non-hydrogen) atoms. The van der Waals surface area contributed by atoms with Crippen molar-refractivity contribution in [2.75, 3.05) is 24.7 Å². The number of benzene rings is 1. The molecule has 2 aliphatic heterocycles. The van der Waals surface area contributed by atoms with Crippen molar-refractivity contribution in [3.8, 4) is 5.75 Å². The number of thioether (sulfide) groups is 1. The Labute approximate surface area is 127 Å². The van der Waals surface area contributed by atoms with E-state index in [-0.39, 0.29) is 11.8 Å². The maximum absolute atomic E-state index is 12.8. The van der Waals surface area contributed by atoms with E-state index in [1.165, 1.54) is 4.90 Å². The first kappa shape index (κ1) is 14.3. The second-order valence-electron chi connectivity index (χ2n) is 5.19. The van der Waals surface area contributed by atoms with Crippen LogP contribution in [0.1, 0.15) is 17.9 Å². The number of carboxylic acids is 1. The molecule has 1 fully saturated rings. The van der Waals surface area contributed by atoms with Gasteiger partial charge in [0.2, 0.25) is 5.91 Å². The van der Waals surface area contributed by atoms with Crippen molar-refractivity contribution < 1.29 is 19.4 Å². The Kier molecular flexibility index (Phi) is 4.05. The van der Waals surface area contributed by atoms with E-state index >= 15 is 0 Å². The summed E-state index contributed by atoms with van der Waals surface area (Å²) in [6, 6.07) is 6.80. The highest BCUT2D eigenvalue weighted by Gasteiger charge is 2.38. The van der Waals surface area contributed by atoms with E-state index in [0.29, 0.717) is 25.3 Å². The number of hydrogen-bond donors (Lipinski definition) is 1. The van der Waals surface area contributed by atoms with Crippen LogP contribution in [0.5, 0.6) is 5.75 Å². The number of nitrogens with zero attached hydrogens (tertiary/aromatic N) is 1. The summed E-state index contributed by atoms with van der Waals surface area (Å²) in [5.74, 6) is 0.696. The highest BCUT2D eigenvalue weighted by Crippen LogP contribution is 2.35. The van der Waals surface area contributed by atoms with Gasteiger partial charge in [0.05, 0.1) is 12.5 Å². The number of amides is 1. The molecule has 1 amide bonds. The molecule has 0 aliphatic carbocycles. The first-order valence-corrected chi connectivity index (χ1v) is 8.16. The fourth-order valence-electron chi connectivity index (χ4n) is 2.87. The normalized spacial score (nSPS) is 24.9. The Balaban J connectivity index is 1.86. The number of carbonyl (C=O) groups excluding carboxylic acids is 1. The third-order valence-electron chi connectivity index (χ3n) is 3.95. The van der Waals surface area contributed by atoms with E-state index in [0.717, 1.165) is 17.1 Å². The first-order chi connectivity index (χ1) is 10.2. The van der Waals surface area contributed by atoms with Crippen molar-refractivity contribution in [1.29, 1.82) is 0 Å². The van der Waals surface area contributed by atoms with Crippen LogP contribution < -0.4 is 4.74 Å². The van der Waals surface area contributed by atoms with Gasteiger partial charge in [-0.25, -0.2) is 4.79 Å². The molecule has 2 aliphatic rings. The fourth-order valence-corrected chi connectivity index (χ4v) is 3.91. The van der Waals surface area contributed by atoms with Crippen LogP contribution in [-0.2, 0) is 9.59 Å². The molecule has 6 heteroatoms. The standard InChI is InChI=1S/C15H17NO4S/c17-14(16-6-8-21-9-12(16)15(18)19)11-5-7-20-13-4-2-1-3-10(11)13/h1-4,11-12H,5-9H2,(H,18,19). The number of ether oxygens (including phenoxy) is 1. The third-order valence-corrected chi connectivity index (χ3v) is 4.98. The van der Waals surface area contributed by atoms with Crippen molar-refractivity contribution in [3.63, 3.8) is 0 Å². The molecule has 2 atom stereocenters. The van der Waals surface area contributed by atoms with Gasteiger partial charge in [-0.3, -0.25) is 4.79 Å². The molecular weight excluding hydrogens is 290 g/mol. The summed E-state index contributed by atoms with van der Waals surface area (Å²) in [7, 11) is 0. The van der Waals surface area contributed by atoms with Gasteiger partial charge in [-0.2, -0.15) is 11.8 Å². The molecule has 3 rings (SSSR count). The zero-order valence-electron chi connectivity index (χ0n) is 11.5. The van der Waals surface area contributed by atoms with Crippen molar-refractivity contribution in [1.82, 2.24) is 4.90 Å². The second kappa shape index (κ2) is 5.97. The van der Waals surface area contributed by atoms with Gasteiger partial charge in [0.15, 0.2) is 0 Å². The van der Waals surface area contributed by atoms with E-state index in [2.05, 4.69) is 0 Å². The van der Waals surface area contributed by atoms with Crippen LogP contribution in [-0.4, -0.2) is 52.6 Å². The zero-order chi connectivity index (χ0) is 14.8. The molecule has 0 bridgehead atoms. The smallest absolute Gasteiger partial charge is 0.327 e. The number of rotatable bonds is 2. The quantitative estimate of drug-likeness (QED) is 0.898. The van der Waals surface area contributed by atoms with E-state index in [4.69, 9.17) is 4.74 Å². The third kappa shape index (κ3) is 2.72. The lowest BCUT2D eigenvalue weighted by Gasteiger charge is -2.36. The van der Waals surface area contributed by atoms with Gasteiger partial charge in [0, 0.05) is 23.6 Å². The summed E-state index contributed by atoms with van der Waals surface area (Å²) < 4.78 is 5.57. The Morgan fingerprint density at radius 1 is 1.33 bits per heavy atom. The SMILES string of the molecule is O=C(O)C1CSCCN1C(=O)C1CCOc2ccccc21. The minimum absolute atomic E-state index is 0.0848. The topological polar surface area (TPSA) is 66.8 Å². The largest absolute Gasteiger partial charge is 0.493 e. The summed E-state index contributed by atoms with van der Waals surface area (Å²) >= 11 is 1.59. The Hall–Kier alpha value is -1.69. The molecule has 0 radical (unpaired) electrons. The van der Waals surface area contributed by atoms with Crippen LogP contribution in [0, 0.1) is 0 Å².